The van der Waals surface area contributed by atoms with Crippen LogP contribution < -0.4 is 10.1 Å². The van der Waals surface area contributed by atoms with Crippen LogP contribution >= 0.6 is 0 Å². The third-order valence-electron chi connectivity index (χ3n) is 10.8. The van der Waals surface area contributed by atoms with Gasteiger partial charge in [-0.1, -0.05) is 51.0 Å². The number of benzene rings is 5. The van der Waals surface area contributed by atoms with Crippen LogP contribution in [0.1, 0.15) is 103 Å². The monoisotopic (exact) mass is 617 g/mol. The van der Waals surface area contributed by atoms with Gasteiger partial charge in [-0.2, -0.15) is 0 Å². The van der Waals surface area contributed by atoms with Crippen LogP contribution in [0.25, 0.3) is 43.1 Å². The van der Waals surface area contributed by atoms with Gasteiger partial charge < -0.3 is 15.2 Å². The summed E-state index contributed by atoms with van der Waals surface area (Å²) in [4.78, 5) is 51.9. The number of ether oxygens (including phenoxy) is 1. The second-order valence-corrected chi connectivity index (χ2v) is 13.8. The molecule has 7 rings (SSSR count). The molecule has 0 unspecified atom stereocenters. The molecule has 0 aromatic heterocycles. The third kappa shape index (κ3) is 5.16. The number of fused-ring (bicyclic) bond motifs is 2. The summed E-state index contributed by atoms with van der Waals surface area (Å²) >= 11 is 0. The Labute approximate surface area is 267 Å². The van der Waals surface area contributed by atoms with Crippen LogP contribution in [-0.2, 0) is 4.79 Å². The molecule has 0 spiro atoms. The summed E-state index contributed by atoms with van der Waals surface area (Å²) < 4.78 is 5.45. The molecular formula is C39H39NO6. The van der Waals surface area contributed by atoms with Crippen molar-refractivity contribution in [2.75, 3.05) is 0 Å². The van der Waals surface area contributed by atoms with Crippen LogP contribution in [0, 0.1) is 17.8 Å². The molecular weight excluding hydrogens is 578 g/mol. The SMILES string of the molecule is CC1CCC(CC(=O)c2ccc3c4ccc(OC=O)c5c(C(=O)NC6CCC(C)CC6)ccc(c6ccc(C(=O)O)c2c63)c54)CC1. The van der Waals surface area contributed by atoms with E-state index in [9.17, 15) is 24.3 Å². The molecule has 2 aliphatic rings. The zero-order chi connectivity index (χ0) is 32.1. The molecule has 2 aliphatic carbocycles. The first-order valence-electron chi connectivity index (χ1n) is 16.6. The van der Waals surface area contributed by atoms with Gasteiger partial charge in [0.25, 0.3) is 12.4 Å². The molecule has 0 heterocycles. The van der Waals surface area contributed by atoms with Gasteiger partial charge in [0.2, 0.25) is 0 Å². The number of nitrogens with one attached hydrogen (secondary N) is 1. The zero-order valence-electron chi connectivity index (χ0n) is 26.4. The topological polar surface area (TPSA) is 110 Å². The number of aromatic carboxylic acids is 1. The number of Topliss-reactive ketones (excluding diaryl/α,β-unsaturated/α-hetero) is 1. The Morgan fingerprint density at radius 3 is 1.80 bits per heavy atom. The summed E-state index contributed by atoms with van der Waals surface area (Å²) in [5.41, 5.74) is 0.959. The summed E-state index contributed by atoms with van der Waals surface area (Å²) in [5.74, 6) is 0.586. The van der Waals surface area contributed by atoms with E-state index in [0.717, 1.165) is 83.7 Å². The van der Waals surface area contributed by atoms with Crippen LogP contribution in [0.2, 0.25) is 0 Å². The average molecular weight is 618 g/mol. The standard InChI is InChI=1S/C39H39NO6/c1-21-3-7-23(8-4-21)19-32(42)29-14-11-25-28-17-18-33(46-20-41)37-30(38(43)40-24-9-5-22(2)6-10-24)15-12-27(35(28)37)26-13-16-31(39(44)45)36(29)34(25)26/h11-18,20-24H,3-10,19H2,1-2H3,(H,40,43)(H,44,45). The van der Waals surface area contributed by atoms with E-state index in [-0.39, 0.29) is 29.0 Å². The highest BCUT2D eigenvalue weighted by molar-refractivity contribution is 6.37. The van der Waals surface area contributed by atoms with Gasteiger partial charge in [0.15, 0.2) is 5.78 Å². The molecule has 0 aliphatic heterocycles. The maximum absolute atomic E-state index is 13.9. The van der Waals surface area contributed by atoms with Crippen molar-refractivity contribution in [2.24, 2.45) is 17.8 Å². The van der Waals surface area contributed by atoms with Gasteiger partial charge in [-0.3, -0.25) is 14.4 Å². The lowest BCUT2D eigenvalue weighted by molar-refractivity contribution is -0.120. The second-order valence-electron chi connectivity index (χ2n) is 13.8. The Bertz CT molecular complexity index is 1990. The van der Waals surface area contributed by atoms with Crippen LogP contribution in [0.15, 0.2) is 48.5 Å². The lowest BCUT2D eigenvalue weighted by atomic mass is 9.79. The molecule has 0 saturated heterocycles. The predicted molar refractivity (Wildman–Crippen MR) is 180 cm³/mol. The van der Waals surface area contributed by atoms with Crippen molar-refractivity contribution in [3.63, 3.8) is 0 Å². The lowest BCUT2D eigenvalue weighted by Crippen LogP contribution is -2.37. The number of ketones is 1. The highest BCUT2D eigenvalue weighted by Gasteiger charge is 2.28. The number of hydrogen-bond acceptors (Lipinski definition) is 5. The summed E-state index contributed by atoms with van der Waals surface area (Å²) in [6.45, 7) is 4.86. The van der Waals surface area contributed by atoms with E-state index in [0.29, 0.717) is 52.5 Å². The van der Waals surface area contributed by atoms with E-state index in [4.69, 9.17) is 4.74 Å². The maximum Gasteiger partial charge on any atom is 0.336 e. The van der Waals surface area contributed by atoms with Crippen LogP contribution in [0.5, 0.6) is 5.75 Å². The number of carbonyl (C=O) groups is 4. The molecule has 0 radical (unpaired) electrons. The number of amides is 1. The van der Waals surface area contributed by atoms with Gasteiger partial charge in [0.1, 0.15) is 5.75 Å². The van der Waals surface area contributed by atoms with Crippen LogP contribution in [0.4, 0.5) is 0 Å². The van der Waals surface area contributed by atoms with Gasteiger partial charge >= 0.3 is 5.97 Å². The Morgan fingerprint density at radius 1 is 0.696 bits per heavy atom. The van der Waals surface area contributed by atoms with Crippen molar-refractivity contribution in [1.82, 2.24) is 5.32 Å². The molecule has 2 N–H and O–H groups in total. The molecule has 7 heteroatoms. The van der Waals surface area contributed by atoms with Crippen molar-refractivity contribution in [1.29, 1.82) is 0 Å². The smallest absolute Gasteiger partial charge is 0.336 e. The molecule has 0 bridgehead atoms. The molecule has 7 nitrogen and oxygen atoms in total. The number of rotatable bonds is 8. The zero-order valence-corrected chi connectivity index (χ0v) is 26.4. The molecule has 1 amide bonds. The number of hydrogen-bond donors (Lipinski definition) is 2. The number of carboxylic acids is 1. The summed E-state index contributed by atoms with van der Waals surface area (Å²) in [7, 11) is 0. The van der Waals surface area contributed by atoms with E-state index in [1.54, 1.807) is 30.3 Å². The average Bonchev–Trinajstić information content (AvgIpc) is 3.05. The normalized spacial score (nSPS) is 22.0. The molecule has 2 fully saturated rings. The fourth-order valence-electron chi connectivity index (χ4n) is 8.18. The third-order valence-corrected chi connectivity index (χ3v) is 10.8. The summed E-state index contributed by atoms with van der Waals surface area (Å²) in [6, 6.07) is 14.3. The van der Waals surface area contributed by atoms with Gasteiger partial charge in [0, 0.05) is 34.2 Å². The quantitative estimate of drug-likeness (QED) is 0.0780. The first-order chi connectivity index (χ1) is 22.2. The Morgan fingerprint density at radius 2 is 1.22 bits per heavy atom. The Kier molecular flexibility index (Phi) is 7.87. The minimum absolute atomic E-state index is 0.0273. The van der Waals surface area contributed by atoms with Crippen molar-refractivity contribution in [3.8, 4) is 5.75 Å². The van der Waals surface area contributed by atoms with Crippen LogP contribution in [0.3, 0.4) is 0 Å². The largest absolute Gasteiger partial charge is 0.478 e. The molecule has 46 heavy (non-hydrogen) atoms. The van der Waals surface area contributed by atoms with Gasteiger partial charge in [-0.25, -0.2) is 4.79 Å². The predicted octanol–water partition coefficient (Wildman–Crippen LogP) is 8.68. The lowest BCUT2D eigenvalue weighted by Gasteiger charge is -2.27. The van der Waals surface area contributed by atoms with E-state index < -0.39 is 5.97 Å². The summed E-state index contributed by atoms with van der Waals surface area (Å²) in [6.07, 6.45) is 8.63. The van der Waals surface area contributed by atoms with Crippen molar-refractivity contribution in [2.45, 2.75) is 77.7 Å². The summed E-state index contributed by atoms with van der Waals surface area (Å²) in [5, 5.41) is 19.1. The maximum atomic E-state index is 13.9. The van der Waals surface area contributed by atoms with E-state index in [1.807, 2.05) is 18.2 Å². The fourth-order valence-corrected chi connectivity index (χ4v) is 8.18. The van der Waals surface area contributed by atoms with Gasteiger partial charge in [0.05, 0.1) is 11.1 Å². The molecule has 2 saturated carbocycles. The Balaban J connectivity index is 1.43. The molecule has 0 atom stereocenters. The van der Waals surface area contributed by atoms with Crippen LogP contribution in [-0.4, -0.2) is 35.3 Å². The van der Waals surface area contributed by atoms with E-state index in [1.165, 1.54) is 0 Å². The van der Waals surface area contributed by atoms with E-state index in [2.05, 4.69) is 19.2 Å². The van der Waals surface area contributed by atoms with E-state index >= 15 is 0 Å². The second kappa shape index (κ2) is 12.0. The molecule has 5 aromatic carbocycles. The minimum Gasteiger partial charge on any atom is -0.478 e. The van der Waals surface area contributed by atoms with Crippen molar-refractivity contribution >= 4 is 67.2 Å². The molecule has 5 aromatic rings. The van der Waals surface area contributed by atoms with Gasteiger partial charge in [-0.05, 0) is 107 Å². The first kappa shape index (κ1) is 30.2. The highest BCUT2D eigenvalue weighted by Crippen LogP contribution is 2.46. The highest BCUT2D eigenvalue weighted by atomic mass is 16.5. The number of carbonyl (C=O) groups excluding carboxylic acids is 3. The Hall–Kier alpha value is -4.52. The first-order valence-corrected chi connectivity index (χ1v) is 16.6. The van der Waals surface area contributed by atoms with Crippen molar-refractivity contribution in [3.05, 3.63) is 65.2 Å². The number of carboxylic acid groups (broad SMARTS) is 1. The van der Waals surface area contributed by atoms with Gasteiger partial charge in [-0.15, -0.1) is 0 Å². The molecule has 236 valence electrons. The fraction of sp³-hybridized carbons (Fsp3) is 0.385. The minimum atomic E-state index is -1.08. The van der Waals surface area contributed by atoms with Crippen molar-refractivity contribution < 1.29 is 29.0 Å².